The first kappa shape index (κ1) is 25.8. The second-order valence-electron chi connectivity index (χ2n) is 3.31. The van der Waals surface area contributed by atoms with E-state index in [1.165, 1.54) is 0 Å². The monoisotopic (exact) mass is 340 g/mol. The van der Waals surface area contributed by atoms with E-state index in [1.807, 2.05) is 0 Å². The predicted molar refractivity (Wildman–Crippen MR) is 81.8 cm³/mol. The minimum atomic E-state index is -3.67. The van der Waals surface area contributed by atoms with Crippen LogP contribution >= 0.6 is 0 Å². The molecule has 0 aromatic heterocycles. The zero-order valence-corrected chi connectivity index (χ0v) is 13.4. The van der Waals surface area contributed by atoms with Crippen molar-refractivity contribution >= 4 is 10.1 Å². The molecule has 22 heavy (non-hydrogen) atoms. The Morgan fingerprint density at radius 3 is 1.41 bits per heavy atom. The van der Waals surface area contributed by atoms with Gasteiger partial charge in [0.25, 0.3) is 10.1 Å². The molecule has 0 aromatic carbocycles. The van der Waals surface area contributed by atoms with Crippen LogP contribution in [0, 0.1) is 24.7 Å². The Bertz CT molecular complexity index is 350. The molecule has 0 aliphatic heterocycles. The van der Waals surface area contributed by atoms with E-state index >= 15 is 0 Å². The lowest BCUT2D eigenvalue weighted by atomic mass is 10.7. The van der Waals surface area contributed by atoms with Crippen molar-refractivity contribution in [1.29, 1.82) is 0 Å². The van der Waals surface area contributed by atoms with Crippen LogP contribution < -0.4 is 0 Å². The van der Waals surface area contributed by atoms with Crippen LogP contribution in [-0.4, -0.2) is 82.3 Å². The lowest BCUT2D eigenvalue weighted by Gasteiger charge is -2.01. The molecule has 0 aliphatic carbocycles. The summed E-state index contributed by atoms with van der Waals surface area (Å²) in [4.78, 5) is 0. The number of rotatable bonds is 9. The van der Waals surface area contributed by atoms with Gasteiger partial charge in [-0.2, -0.15) is 8.42 Å². The van der Waals surface area contributed by atoms with E-state index in [9.17, 15) is 8.42 Å². The first-order chi connectivity index (χ1) is 10.3. The maximum atomic E-state index is 9.19. The molecule has 0 radical (unpaired) electrons. The van der Waals surface area contributed by atoms with Gasteiger partial charge in [-0.05, 0) is 0 Å². The van der Waals surface area contributed by atoms with Crippen molar-refractivity contribution in [1.82, 2.24) is 0 Å². The van der Waals surface area contributed by atoms with Gasteiger partial charge in [0.05, 0.1) is 45.9 Å². The fourth-order valence-electron chi connectivity index (χ4n) is 0.620. The van der Waals surface area contributed by atoms with Crippen molar-refractivity contribution in [3.05, 3.63) is 0 Å². The number of aliphatic hydroxyl groups is 2. The fraction of sp³-hybridized carbons (Fsp3) is 0.692. The molecule has 0 bridgehead atoms. The number of hydrogen-bond acceptors (Lipinski definition) is 7. The van der Waals surface area contributed by atoms with Gasteiger partial charge < -0.3 is 24.4 Å². The third-order valence-electron chi connectivity index (χ3n) is 1.21. The summed E-state index contributed by atoms with van der Waals surface area (Å²) in [6, 6.07) is 0. The number of ether oxygens (including phenoxy) is 3. The van der Waals surface area contributed by atoms with Crippen LogP contribution in [0.3, 0.4) is 0 Å². The van der Waals surface area contributed by atoms with Crippen molar-refractivity contribution in [2.24, 2.45) is 0 Å². The summed E-state index contributed by atoms with van der Waals surface area (Å²) in [5.74, 6) is 4.57. The molecule has 0 rings (SSSR count). The molecule has 3 N–H and O–H groups in total. The molecule has 0 aromatic rings. The first-order valence-electron chi connectivity index (χ1n) is 6.07. The molecule has 0 fully saturated rings. The molecule has 0 atom stereocenters. The fourth-order valence-corrected chi connectivity index (χ4v) is 0.620. The van der Waals surface area contributed by atoms with Crippen molar-refractivity contribution in [3.8, 4) is 24.7 Å². The molecule has 8 nitrogen and oxygen atoms in total. The third-order valence-corrected chi connectivity index (χ3v) is 1.21. The highest BCUT2D eigenvalue weighted by Crippen LogP contribution is 1.76. The maximum Gasteiger partial charge on any atom is 0.261 e. The molecule has 0 saturated carbocycles. The zero-order valence-electron chi connectivity index (χ0n) is 12.6. The van der Waals surface area contributed by atoms with Crippen molar-refractivity contribution in [2.75, 3.05) is 59.1 Å². The van der Waals surface area contributed by atoms with Crippen LogP contribution in [0.15, 0.2) is 0 Å². The minimum absolute atomic E-state index is 0.0417. The van der Waals surface area contributed by atoms with Gasteiger partial charge in [0, 0.05) is 0 Å². The van der Waals surface area contributed by atoms with Crippen molar-refractivity contribution in [2.45, 2.75) is 0 Å². The molecule has 0 spiro atoms. The van der Waals surface area contributed by atoms with E-state index in [-0.39, 0.29) is 13.2 Å². The first-order valence-corrected chi connectivity index (χ1v) is 7.92. The van der Waals surface area contributed by atoms with Crippen LogP contribution in [-0.2, 0) is 24.3 Å². The smallest absolute Gasteiger partial charge is 0.261 e. The molecule has 0 saturated heterocycles. The molecule has 130 valence electrons. The highest BCUT2D eigenvalue weighted by molar-refractivity contribution is 7.85. The Morgan fingerprint density at radius 2 is 1.18 bits per heavy atom. The van der Waals surface area contributed by atoms with E-state index < -0.39 is 10.1 Å². The second kappa shape index (κ2) is 22.1. The van der Waals surface area contributed by atoms with Crippen molar-refractivity contribution < 1.29 is 37.4 Å². The quantitative estimate of drug-likeness (QED) is 0.271. The summed E-state index contributed by atoms with van der Waals surface area (Å²) < 4.78 is 40.3. The Hall–Kier alpha value is -1.17. The van der Waals surface area contributed by atoms with Gasteiger partial charge in [0.1, 0.15) is 13.2 Å². The summed E-state index contributed by atoms with van der Waals surface area (Å²) in [7, 11) is -3.67. The molecule has 0 heterocycles. The molecular formula is C13H24O8S. The summed E-state index contributed by atoms with van der Waals surface area (Å²) in [5, 5.41) is 16.5. The molecular weight excluding hydrogens is 316 g/mol. The van der Waals surface area contributed by atoms with E-state index in [0.717, 1.165) is 0 Å². The Balaban J connectivity index is -0.000000263. The van der Waals surface area contributed by atoms with Crippen LogP contribution in [0.25, 0.3) is 0 Å². The average Bonchev–Trinajstić information content (AvgIpc) is 2.42. The van der Waals surface area contributed by atoms with Crippen LogP contribution in [0.1, 0.15) is 0 Å². The summed E-state index contributed by atoms with van der Waals surface area (Å²) in [6.45, 7) is 2.35. The van der Waals surface area contributed by atoms with Crippen LogP contribution in [0.2, 0.25) is 0 Å². The molecule has 0 amide bonds. The minimum Gasteiger partial charge on any atom is -0.394 e. The SMILES string of the molecule is C#CCOCC#C.CS(=O)(=O)O.OCCOCCOCCO. The highest BCUT2D eigenvalue weighted by Gasteiger charge is 1.86. The standard InChI is InChI=1S/C6H14O4.C6H6O.CH4O3S/c7-1-3-9-5-6-10-4-2-8;1-3-5-7-6-4-2;1-5(2,3)4/h7-8H,1-6H2;1-2H,5-6H2;1H3,(H,2,3,4). The van der Waals surface area contributed by atoms with E-state index in [4.69, 9.17) is 37.1 Å². The average molecular weight is 340 g/mol. The van der Waals surface area contributed by atoms with Crippen LogP contribution in [0.4, 0.5) is 0 Å². The number of hydrogen-bond donors (Lipinski definition) is 3. The van der Waals surface area contributed by atoms with Gasteiger partial charge in [0.2, 0.25) is 0 Å². The topological polar surface area (TPSA) is 123 Å². The highest BCUT2D eigenvalue weighted by atomic mass is 32.2. The second-order valence-corrected chi connectivity index (χ2v) is 4.77. The predicted octanol–water partition coefficient (Wildman–Crippen LogP) is -1.22. The molecule has 0 unspecified atom stereocenters. The molecule has 0 aliphatic rings. The normalized spacial score (nSPS) is 9.36. The number of terminal acetylenes is 2. The van der Waals surface area contributed by atoms with Crippen molar-refractivity contribution in [3.63, 3.8) is 0 Å². The lowest BCUT2D eigenvalue weighted by Crippen LogP contribution is -2.09. The maximum absolute atomic E-state index is 9.19. The third kappa shape index (κ3) is 62.0. The van der Waals surface area contributed by atoms with Gasteiger partial charge >= 0.3 is 0 Å². The van der Waals surface area contributed by atoms with Gasteiger partial charge in [-0.25, -0.2) is 0 Å². The van der Waals surface area contributed by atoms with Gasteiger partial charge in [-0.1, -0.05) is 11.8 Å². The summed E-state index contributed by atoms with van der Waals surface area (Å²) >= 11 is 0. The van der Waals surface area contributed by atoms with E-state index in [1.54, 1.807) is 0 Å². The Morgan fingerprint density at radius 1 is 0.864 bits per heavy atom. The Kier molecular flexibility index (Phi) is 25.9. The van der Waals surface area contributed by atoms with E-state index in [2.05, 4.69) is 16.6 Å². The lowest BCUT2D eigenvalue weighted by molar-refractivity contribution is 0.0222. The molecule has 9 heteroatoms. The van der Waals surface area contributed by atoms with Gasteiger partial charge in [0.15, 0.2) is 0 Å². The van der Waals surface area contributed by atoms with Gasteiger partial charge in [-0.3, -0.25) is 4.55 Å². The van der Waals surface area contributed by atoms with Crippen LogP contribution in [0.5, 0.6) is 0 Å². The Labute approximate surface area is 132 Å². The zero-order chi connectivity index (χ0) is 17.7. The largest absolute Gasteiger partial charge is 0.394 e. The summed E-state index contributed by atoms with van der Waals surface area (Å²) in [6.07, 6.45) is 10.4. The van der Waals surface area contributed by atoms with Gasteiger partial charge in [-0.15, -0.1) is 12.8 Å². The summed E-state index contributed by atoms with van der Waals surface area (Å²) in [5.41, 5.74) is 0. The number of aliphatic hydroxyl groups excluding tert-OH is 2. The van der Waals surface area contributed by atoms with E-state index in [0.29, 0.717) is 45.9 Å².